The lowest BCUT2D eigenvalue weighted by Crippen LogP contribution is -2.69. The summed E-state index contributed by atoms with van der Waals surface area (Å²) in [7, 11) is 0. The molecule has 30 nitrogen and oxygen atoms in total. The van der Waals surface area contributed by atoms with Crippen molar-refractivity contribution < 1.29 is 148 Å². The van der Waals surface area contributed by atoms with Crippen molar-refractivity contribution in [3.8, 4) is 0 Å². The summed E-state index contributed by atoms with van der Waals surface area (Å²) in [6.45, 7) is 13.0. The third-order valence-electron chi connectivity index (χ3n) is 24.5. The number of fused-ring (bicyclic) bond motifs is 7. The van der Waals surface area contributed by atoms with Crippen LogP contribution in [0.25, 0.3) is 0 Å². The Hall–Kier alpha value is -1.91. The standard InChI is InChI=1S/C63H102O30/c1-24-35(70)39(74)43(78)53(85-24)90-48-45(80)55(86-25(2)46(48)88-51-41(76)36(71)29(67)20-82-51)91-49-47(89-52-42(77)37(72)30(68)21-83-52)31(69)22-84-56(49)93-57(81)63-15-13-58(3,4)17-27(63)26-9-10-34-59(5)18-28(66)50(92-54-44(79)40(75)38(73)32(19-64)87-54)60(6,23-65)33(59)11-12-62(34,8)61(26,7)14-16-63/h9,24-25,27-56,64-80H,10-23H2,1-8H3/t24-,25-,27-,28-,29+,30-,31-,32+,33+,34+,35-,36-,37-,38+,39+,40-,41+,42+,43+,44+,45+,46-,47-,48-,49-,50-,51-,52-,53-,54-,55-,56-,59-,60-,61+,62+,63-/m0/s1. The Kier molecular flexibility index (Phi) is 20.9. The van der Waals surface area contributed by atoms with E-state index in [1.54, 1.807) is 0 Å². The minimum atomic E-state index is -2.08. The molecule has 93 heavy (non-hydrogen) atoms. The van der Waals surface area contributed by atoms with Crippen molar-refractivity contribution in [2.75, 3.05) is 33.0 Å². The maximum atomic E-state index is 16.0. The van der Waals surface area contributed by atoms with E-state index in [0.717, 1.165) is 5.57 Å². The monoisotopic (exact) mass is 1340 g/mol. The lowest BCUT2D eigenvalue weighted by atomic mass is 9.33. The minimum Gasteiger partial charge on any atom is -0.432 e. The Morgan fingerprint density at radius 3 is 1.65 bits per heavy atom. The molecule has 0 amide bonds. The van der Waals surface area contributed by atoms with Gasteiger partial charge in [0.1, 0.15) is 110 Å². The van der Waals surface area contributed by atoms with Crippen molar-refractivity contribution in [3.05, 3.63) is 11.6 Å². The molecule has 6 heterocycles. The zero-order valence-electron chi connectivity index (χ0n) is 53.9. The molecule has 30 heteroatoms. The van der Waals surface area contributed by atoms with Crippen LogP contribution in [0.4, 0.5) is 0 Å². The second-order valence-electron chi connectivity index (χ2n) is 30.5. The largest absolute Gasteiger partial charge is 0.432 e. The van der Waals surface area contributed by atoms with Gasteiger partial charge in [0.25, 0.3) is 0 Å². The van der Waals surface area contributed by atoms with Crippen molar-refractivity contribution in [1.29, 1.82) is 0 Å². The fourth-order valence-electron chi connectivity index (χ4n) is 18.7. The second-order valence-corrected chi connectivity index (χ2v) is 30.5. The SMILES string of the molecule is C[C@@H]1O[C@@H](O[C@H]2[C@@H](O)[C@H](O[C@@H]3[C@H](OC(=O)[C@]45CCC(C)(C)C[C@H]4C4=CC[C@@H]6[C@@]7(C)C[C@H](O)[C@H](O[C@@H]8O[C@H](CO)[C@@H](O)[C@H](O)[C@H]8O)[C@@](C)(CO)[C@@H]7CC[C@@]6(C)[C@]4(C)CC5)OC[C@H](O)[C@@H]3O[C@@H]3OC[C@H](O)[C@H](O)[C@H]3O)O[C@@H](C)[C@@H]2O[C@@H]2OC[C@@H](O)[C@H](O)[C@H]2O)[C@H](O)[C@H](O)[C@H]1O. The van der Waals surface area contributed by atoms with Crippen LogP contribution in [-0.4, -0.2) is 304 Å². The lowest BCUT2D eigenvalue weighted by molar-refractivity contribution is -0.397. The van der Waals surface area contributed by atoms with E-state index in [4.69, 9.17) is 56.8 Å². The Bertz CT molecular complexity index is 2620. The van der Waals surface area contributed by atoms with Gasteiger partial charge in [-0.3, -0.25) is 4.79 Å². The van der Waals surface area contributed by atoms with E-state index in [-0.39, 0.29) is 23.7 Å². The Morgan fingerprint density at radius 2 is 1.02 bits per heavy atom. The molecule has 17 N–H and O–H groups in total. The molecule has 0 aromatic rings. The Labute approximate surface area is 539 Å². The smallest absolute Gasteiger partial charge is 0.315 e. The molecular weight excluding hydrogens is 1240 g/mol. The number of aliphatic hydroxyl groups excluding tert-OH is 17. The lowest BCUT2D eigenvalue weighted by Gasteiger charge is -2.72. The third kappa shape index (κ3) is 12.3. The first-order valence-corrected chi connectivity index (χ1v) is 33.0. The fraction of sp³-hybridized carbons (Fsp3) is 0.952. The van der Waals surface area contributed by atoms with Gasteiger partial charge in [-0.25, -0.2) is 0 Å². The topological polar surface area (TPSA) is 472 Å². The number of carbonyl (C=O) groups is 1. The van der Waals surface area contributed by atoms with E-state index >= 15 is 4.79 Å². The molecule has 0 spiro atoms. The van der Waals surface area contributed by atoms with E-state index in [1.165, 1.54) is 13.8 Å². The van der Waals surface area contributed by atoms with Gasteiger partial charge in [-0.15, -0.1) is 0 Å². The molecule has 0 aromatic heterocycles. The molecule has 534 valence electrons. The number of carbonyl (C=O) groups excluding carboxylic acids is 1. The summed E-state index contributed by atoms with van der Waals surface area (Å²) in [5.74, 6) is -1.43. The predicted molar refractivity (Wildman–Crippen MR) is 310 cm³/mol. The van der Waals surface area contributed by atoms with Crippen molar-refractivity contribution in [2.45, 2.75) is 291 Å². The molecule has 10 fully saturated rings. The Morgan fingerprint density at radius 1 is 0.495 bits per heavy atom. The minimum absolute atomic E-state index is 0.0837. The van der Waals surface area contributed by atoms with Crippen LogP contribution in [0.15, 0.2) is 11.6 Å². The van der Waals surface area contributed by atoms with Crippen LogP contribution in [0, 0.1) is 50.2 Å². The zero-order chi connectivity index (χ0) is 67.7. The summed E-state index contributed by atoms with van der Waals surface area (Å²) in [6.07, 6.45) is -41.3. The fourth-order valence-corrected chi connectivity index (χ4v) is 18.7. The second kappa shape index (κ2) is 26.9. The van der Waals surface area contributed by atoms with Crippen molar-refractivity contribution >= 4 is 5.97 Å². The number of allylic oxidation sites excluding steroid dienone is 2. The molecule has 37 atom stereocenters. The van der Waals surface area contributed by atoms with E-state index in [9.17, 15) is 86.8 Å². The van der Waals surface area contributed by atoms with E-state index in [0.29, 0.717) is 51.4 Å². The van der Waals surface area contributed by atoms with Gasteiger partial charge in [0.15, 0.2) is 37.6 Å². The molecule has 5 aliphatic carbocycles. The van der Waals surface area contributed by atoms with Crippen LogP contribution >= 0.6 is 0 Å². The maximum Gasteiger partial charge on any atom is 0.315 e. The third-order valence-corrected chi connectivity index (χ3v) is 24.5. The number of esters is 1. The number of aliphatic hydroxyl groups is 17. The number of hydrogen-bond acceptors (Lipinski definition) is 30. The normalized spacial score (nSPS) is 55.7. The van der Waals surface area contributed by atoms with Gasteiger partial charge in [-0.05, 0) is 111 Å². The van der Waals surface area contributed by atoms with Gasteiger partial charge in [0, 0.05) is 5.41 Å². The molecule has 11 rings (SSSR count). The van der Waals surface area contributed by atoms with Gasteiger partial charge < -0.3 is 144 Å². The first-order valence-electron chi connectivity index (χ1n) is 33.0. The maximum absolute atomic E-state index is 16.0. The van der Waals surface area contributed by atoms with Crippen LogP contribution in [0.1, 0.15) is 113 Å². The zero-order valence-corrected chi connectivity index (χ0v) is 53.9. The highest BCUT2D eigenvalue weighted by atomic mass is 16.8. The number of hydrogen-bond donors (Lipinski definition) is 17. The highest BCUT2D eigenvalue weighted by Gasteiger charge is 2.72. The van der Waals surface area contributed by atoms with Crippen molar-refractivity contribution in [3.63, 3.8) is 0 Å². The van der Waals surface area contributed by atoms with Crippen molar-refractivity contribution in [2.24, 2.45) is 50.2 Å². The summed E-state index contributed by atoms with van der Waals surface area (Å²) in [5, 5.41) is 187. The summed E-state index contributed by atoms with van der Waals surface area (Å²) < 4.78 is 73.4. The van der Waals surface area contributed by atoms with Crippen LogP contribution in [0.5, 0.6) is 0 Å². The van der Waals surface area contributed by atoms with Gasteiger partial charge in [0.05, 0.1) is 62.9 Å². The number of ether oxygens (including phenoxy) is 12. The molecular formula is C63H102O30. The quantitative estimate of drug-likeness (QED) is 0.0443. The molecule has 6 saturated heterocycles. The van der Waals surface area contributed by atoms with Gasteiger partial charge in [0.2, 0.25) is 6.29 Å². The highest BCUT2D eigenvalue weighted by molar-refractivity contribution is 5.79. The van der Waals surface area contributed by atoms with Crippen LogP contribution in [0.3, 0.4) is 0 Å². The van der Waals surface area contributed by atoms with Crippen LogP contribution in [0.2, 0.25) is 0 Å². The van der Waals surface area contributed by atoms with Crippen molar-refractivity contribution in [1.82, 2.24) is 0 Å². The number of rotatable bonds is 14. The molecule has 0 aromatic carbocycles. The van der Waals surface area contributed by atoms with Gasteiger partial charge in [-0.1, -0.05) is 53.2 Å². The molecule has 0 bridgehead atoms. The molecule has 0 unspecified atom stereocenters. The summed E-state index contributed by atoms with van der Waals surface area (Å²) in [5.41, 5.74) is -3.15. The summed E-state index contributed by atoms with van der Waals surface area (Å²) in [6, 6.07) is 0. The van der Waals surface area contributed by atoms with Gasteiger partial charge >= 0.3 is 5.97 Å². The van der Waals surface area contributed by atoms with Crippen LogP contribution in [-0.2, 0) is 61.6 Å². The average Bonchev–Trinajstić information content (AvgIpc) is 0.674. The van der Waals surface area contributed by atoms with E-state index in [1.807, 2.05) is 6.92 Å². The summed E-state index contributed by atoms with van der Waals surface area (Å²) in [4.78, 5) is 16.0. The van der Waals surface area contributed by atoms with Gasteiger partial charge in [-0.2, -0.15) is 0 Å². The molecule has 11 aliphatic rings. The molecule has 6 aliphatic heterocycles. The molecule has 4 saturated carbocycles. The Balaban J connectivity index is 0.895. The predicted octanol–water partition coefficient (Wildman–Crippen LogP) is -4.47. The first kappa shape index (κ1) is 72.3. The average molecular weight is 1340 g/mol. The summed E-state index contributed by atoms with van der Waals surface area (Å²) >= 11 is 0. The molecule has 0 radical (unpaired) electrons. The first-order chi connectivity index (χ1) is 43.6. The van der Waals surface area contributed by atoms with Crippen LogP contribution < -0.4 is 0 Å². The van der Waals surface area contributed by atoms with E-state index in [2.05, 4.69) is 40.7 Å². The highest BCUT2D eigenvalue weighted by Crippen LogP contribution is 2.76. The van der Waals surface area contributed by atoms with E-state index < -0.39 is 250 Å².